The fraction of sp³-hybridized carbons (Fsp3) is 0.243. The van der Waals surface area contributed by atoms with E-state index in [1.54, 1.807) is 37.4 Å². The number of halogens is 4. The minimum atomic E-state index is -4.91. The zero-order valence-electron chi connectivity index (χ0n) is 28.3. The fourth-order valence-corrected chi connectivity index (χ4v) is 8.86. The van der Waals surface area contributed by atoms with Gasteiger partial charge in [0.15, 0.2) is 11.3 Å². The summed E-state index contributed by atoms with van der Waals surface area (Å²) in [5.74, 6) is 0.291. The molecule has 16 heteroatoms. The van der Waals surface area contributed by atoms with Crippen LogP contribution in [0.3, 0.4) is 0 Å². The van der Waals surface area contributed by atoms with E-state index in [0.717, 1.165) is 26.8 Å². The average Bonchev–Trinajstić information content (AvgIpc) is 3.73. The van der Waals surface area contributed by atoms with E-state index in [-0.39, 0.29) is 50.6 Å². The van der Waals surface area contributed by atoms with Crippen molar-refractivity contribution in [1.29, 1.82) is 5.26 Å². The van der Waals surface area contributed by atoms with Crippen molar-refractivity contribution in [2.45, 2.75) is 43.0 Å². The van der Waals surface area contributed by atoms with Gasteiger partial charge in [-0.25, -0.2) is 26.7 Å². The highest BCUT2D eigenvalue weighted by atomic mass is 32.2. The first-order valence-corrected chi connectivity index (χ1v) is 18.0. The average molecular weight is 743 g/mol. The predicted octanol–water partition coefficient (Wildman–Crippen LogP) is 6.24. The lowest BCUT2D eigenvalue weighted by Gasteiger charge is -2.56. The molecule has 3 saturated heterocycles. The van der Waals surface area contributed by atoms with Gasteiger partial charge in [0, 0.05) is 85.0 Å². The maximum atomic E-state index is 14.3. The Hall–Kier alpha value is -5.79. The van der Waals surface area contributed by atoms with Crippen molar-refractivity contribution in [3.05, 3.63) is 107 Å². The molecule has 0 spiro atoms. The Labute approximate surface area is 301 Å². The molecule has 3 aliphatic rings. The van der Waals surface area contributed by atoms with Crippen molar-refractivity contribution in [3.8, 4) is 34.2 Å². The predicted molar refractivity (Wildman–Crippen MR) is 187 cm³/mol. The number of phenolic OH excluding ortho intramolecular Hbond substituents is 1. The second-order valence-corrected chi connectivity index (χ2v) is 15.2. The van der Waals surface area contributed by atoms with Gasteiger partial charge in [0.1, 0.15) is 23.5 Å². The summed E-state index contributed by atoms with van der Waals surface area (Å²) in [6.07, 6.45) is -0.113. The number of aromatic hydroxyl groups is 1. The summed E-state index contributed by atoms with van der Waals surface area (Å²) in [4.78, 5) is 13.2. The molecular formula is C37H30F4N8O3S. The van der Waals surface area contributed by atoms with Crippen LogP contribution in [-0.2, 0) is 29.8 Å². The fourth-order valence-electron chi connectivity index (χ4n) is 7.38. The standard InChI is InChI=1S/C37H30F4N8O3S/c1-21-3-7-28(8-4-21)53(51,52)49-31(30-20-46(2)45-35(30)37(39,40)41)13-29-34(24(14-42)16-44-36(29)49)22-5-10-33(43-15-22)47-18-26-12-27(19-47)48(26)17-23-11-25(38)6-9-32(23)50/h3-11,13,15-16,20,26-27,50H,12,17-19H2,1-2H3. The normalized spacial score (nSPS) is 17.6. The SMILES string of the molecule is Cc1ccc(S(=O)(=O)n2c(-c3cn(C)nc3C(F)(F)F)cc3c(-c4ccc(N5CC6CC(C5)N6Cc5cc(F)ccc5O)nc4)c(C#N)cnc32)cc1. The number of phenols is 1. The molecule has 0 saturated carbocycles. The van der Waals surface area contributed by atoms with E-state index in [9.17, 15) is 36.3 Å². The van der Waals surface area contributed by atoms with Crippen molar-refractivity contribution in [1.82, 2.24) is 28.6 Å². The Balaban J connectivity index is 1.19. The van der Waals surface area contributed by atoms with Gasteiger partial charge in [-0.2, -0.15) is 23.5 Å². The van der Waals surface area contributed by atoms with Crippen LogP contribution in [0.4, 0.5) is 23.4 Å². The first-order chi connectivity index (χ1) is 25.2. The largest absolute Gasteiger partial charge is 0.508 e. The summed E-state index contributed by atoms with van der Waals surface area (Å²) in [6, 6.07) is 17.0. The number of pyridine rings is 2. The van der Waals surface area contributed by atoms with Gasteiger partial charge in [-0.15, -0.1) is 0 Å². The smallest absolute Gasteiger partial charge is 0.435 e. The van der Waals surface area contributed by atoms with Gasteiger partial charge < -0.3 is 10.0 Å². The highest BCUT2D eigenvalue weighted by molar-refractivity contribution is 7.90. The molecule has 2 aromatic carbocycles. The summed E-state index contributed by atoms with van der Waals surface area (Å²) >= 11 is 0. The maximum absolute atomic E-state index is 14.3. The van der Waals surface area contributed by atoms with E-state index in [2.05, 4.69) is 26.0 Å². The first kappa shape index (κ1) is 34.3. The highest BCUT2D eigenvalue weighted by Crippen LogP contribution is 2.43. The number of nitrogens with zero attached hydrogens (tertiary/aromatic N) is 8. The van der Waals surface area contributed by atoms with E-state index < -0.39 is 33.3 Å². The summed E-state index contributed by atoms with van der Waals surface area (Å²) < 4.78 is 87.1. The van der Waals surface area contributed by atoms with Crippen LogP contribution in [0.15, 0.2) is 84.1 Å². The van der Waals surface area contributed by atoms with Crippen LogP contribution in [0.2, 0.25) is 0 Å². The molecule has 3 aliphatic heterocycles. The van der Waals surface area contributed by atoms with Crippen LogP contribution in [0.5, 0.6) is 5.75 Å². The number of anilines is 1. The van der Waals surface area contributed by atoms with Gasteiger partial charge in [0.2, 0.25) is 0 Å². The molecule has 11 nitrogen and oxygen atoms in total. The minimum Gasteiger partial charge on any atom is -0.508 e. The van der Waals surface area contributed by atoms with Crippen LogP contribution in [0.1, 0.15) is 28.8 Å². The van der Waals surface area contributed by atoms with Crippen LogP contribution in [0, 0.1) is 24.1 Å². The lowest BCUT2D eigenvalue weighted by molar-refractivity contribution is -0.141. The van der Waals surface area contributed by atoms with E-state index in [4.69, 9.17) is 4.98 Å². The number of benzene rings is 2. The zero-order chi connectivity index (χ0) is 37.4. The molecule has 0 radical (unpaired) electrons. The minimum absolute atomic E-state index is 0.0453. The Kier molecular flexibility index (Phi) is 8.04. The van der Waals surface area contributed by atoms with Gasteiger partial charge in [-0.3, -0.25) is 9.58 Å². The topological polar surface area (TPSA) is 133 Å². The lowest BCUT2D eigenvalue weighted by Crippen LogP contribution is -2.68. The Bertz CT molecular complexity index is 2550. The van der Waals surface area contributed by atoms with E-state index in [1.807, 2.05) is 0 Å². The molecule has 0 amide bonds. The third-order valence-electron chi connectivity index (χ3n) is 9.94. The number of aryl methyl sites for hydroxylation is 2. The molecule has 4 aromatic heterocycles. The molecule has 53 heavy (non-hydrogen) atoms. The van der Waals surface area contributed by atoms with Crippen LogP contribution >= 0.6 is 0 Å². The maximum Gasteiger partial charge on any atom is 0.435 e. The van der Waals surface area contributed by atoms with Gasteiger partial charge in [-0.05, 0) is 61.9 Å². The van der Waals surface area contributed by atoms with Crippen molar-refractivity contribution in [2.75, 3.05) is 18.0 Å². The molecular weight excluding hydrogens is 713 g/mol. The molecule has 0 aliphatic carbocycles. The monoisotopic (exact) mass is 742 g/mol. The lowest BCUT2D eigenvalue weighted by atomic mass is 9.86. The van der Waals surface area contributed by atoms with E-state index in [1.165, 1.54) is 49.6 Å². The number of piperazine rings is 1. The third-order valence-corrected chi connectivity index (χ3v) is 11.7. The highest BCUT2D eigenvalue weighted by Gasteiger charge is 2.45. The van der Waals surface area contributed by atoms with Gasteiger partial charge in [-0.1, -0.05) is 17.7 Å². The van der Waals surface area contributed by atoms with Crippen molar-refractivity contribution in [3.63, 3.8) is 0 Å². The number of rotatable bonds is 7. The van der Waals surface area contributed by atoms with Gasteiger partial charge in [0.25, 0.3) is 10.0 Å². The van der Waals surface area contributed by atoms with Crippen molar-refractivity contribution < 1.29 is 31.1 Å². The summed E-state index contributed by atoms with van der Waals surface area (Å²) in [5.41, 5.74) is -0.174. The molecule has 7 heterocycles. The first-order valence-electron chi connectivity index (χ1n) is 16.6. The van der Waals surface area contributed by atoms with E-state index in [0.29, 0.717) is 36.6 Å². The second-order valence-electron chi connectivity index (χ2n) is 13.4. The molecule has 2 atom stereocenters. The second kappa shape index (κ2) is 12.4. The van der Waals surface area contributed by atoms with Gasteiger partial charge >= 0.3 is 6.18 Å². The summed E-state index contributed by atoms with van der Waals surface area (Å²) in [6.45, 7) is 3.47. The van der Waals surface area contributed by atoms with Crippen molar-refractivity contribution in [2.24, 2.45) is 7.05 Å². The number of hydrogen-bond acceptors (Lipinski definition) is 9. The van der Waals surface area contributed by atoms with E-state index >= 15 is 0 Å². The Morgan fingerprint density at radius 2 is 1.74 bits per heavy atom. The molecule has 2 bridgehead atoms. The van der Waals surface area contributed by atoms with Crippen LogP contribution in [0.25, 0.3) is 33.4 Å². The van der Waals surface area contributed by atoms with Gasteiger partial charge in [0.05, 0.1) is 16.2 Å². The van der Waals surface area contributed by atoms with Crippen LogP contribution in [-0.4, -0.2) is 67.3 Å². The van der Waals surface area contributed by atoms with Crippen LogP contribution < -0.4 is 4.90 Å². The molecule has 9 rings (SSSR count). The molecule has 6 aromatic rings. The molecule has 2 unspecified atom stereocenters. The van der Waals surface area contributed by atoms with Crippen molar-refractivity contribution >= 4 is 26.9 Å². The summed E-state index contributed by atoms with van der Waals surface area (Å²) in [7, 11) is -3.22. The zero-order valence-corrected chi connectivity index (χ0v) is 29.1. The third kappa shape index (κ3) is 5.85. The number of nitriles is 1. The molecule has 1 N–H and O–H groups in total. The number of alkyl halides is 3. The molecule has 3 fully saturated rings. The number of fused-ring (bicyclic) bond motifs is 3. The number of hydrogen-bond donors (Lipinski definition) is 1. The number of piperidine rings is 1. The molecule has 270 valence electrons. The quantitative estimate of drug-likeness (QED) is 0.189. The number of aromatic nitrogens is 5. The Morgan fingerprint density at radius 1 is 1.00 bits per heavy atom. The Morgan fingerprint density at radius 3 is 2.40 bits per heavy atom. The summed E-state index contributed by atoms with van der Waals surface area (Å²) in [5, 5.41) is 24.1.